The number of aryl methyl sites for hydroxylation is 1. The Morgan fingerprint density at radius 2 is 2.04 bits per heavy atom. The van der Waals surface area contributed by atoms with Gasteiger partial charge in [0.1, 0.15) is 12.1 Å². The lowest BCUT2D eigenvalue weighted by Crippen LogP contribution is -2.18. The fourth-order valence-corrected chi connectivity index (χ4v) is 2.24. The van der Waals surface area contributed by atoms with E-state index in [2.05, 4.69) is 53.3 Å². The lowest BCUT2D eigenvalue weighted by Gasteiger charge is -2.19. The molecule has 1 aromatic carbocycles. The third-order valence-electron chi connectivity index (χ3n) is 3.39. The van der Waals surface area contributed by atoms with Crippen molar-refractivity contribution in [3.05, 3.63) is 42.4 Å². The molecular weight excluding hydrogens is 290 g/mol. The van der Waals surface area contributed by atoms with Crippen LogP contribution in [-0.2, 0) is 18.4 Å². The van der Waals surface area contributed by atoms with E-state index in [-0.39, 0.29) is 5.60 Å². The van der Waals surface area contributed by atoms with Crippen LogP contribution < -0.4 is 5.32 Å². The van der Waals surface area contributed by atoms with E-state index in [4.69, 9.17) is 4.74 Å². The lowest BCUT2D eigenvalue weighted by atomic mass is 10.1. The van der Waals surface area contributed by atoms with Gasteiger partial charge in [0.15, 0.2) is 5.65 Å². The summed E-state index contributed by atoms with van der Waals surface area (Å²) in [6.45, 7) is 6.73. The first-order valence-electron chi connectivity index (χ1n) is 7.55. The number of anilines is 2. The highest BCUT2D eigenvalue weighted by Gasteiger charge is 2.11. The van der Waals surface area contributed by atoms with Gasteiger partial charge in [-0.3, -0.25) is 4.68 Å². The first-order chi connectivity index (χ1) is 10.9. The Bertz CT molecular complexity index is 819. The Hall–Kier alpha value is -2.47. The highest BCUT2D eigenvalue weighted by molar-refractivity contribution is 5.88. The molecule has 0 atom stereocenters. The predicted octanol–water partition coefficient (Wildman–Crippen LogP) is 3.42. The summed E-state index contributed by atoms with van der Waals surface area (Å²) < 4.78 is 7.56. The summed E-state index contributed by atoms with van der Waals surface area (Å²) in [6, 6.07) is 8.13. The SMILES string of the molecule is Cn1ncc2c(Nc3cccc(COC(C)(C)C)c3)ncnc21. The molecule has 0 bridgehead atoms. The third-order valence-corrected chi connectivity index (χ3v) is 3.39. The van der Waals surface area contributed by atoms with E-state index in [1.165, 1.54) is 0 Å². The molecule has 0 aliphatic carbocycles. The second-order valence-corrected chi connectivity index (χ2v) is 6.45. The van der Waals surface area contributed by atoms with Crippen LogP contribution in [0, 0.1) is 0 Å². The van der Waals surface area contributed by atoms with E-state index in [1.807, 2.05) is 19.2 Å². The summed E-state index contributed by atoms with van der Waals surface area (Å²) in [5.74, 6) is 0.747. The average molecular weight is 311 g/mol. The van der Waals surface area contributed by atoms with E-state index in [1.54, 1.807) is 17.2 Å². The smallest absolute Gasteiger partial charge is 0.163 e. The molecule has 0 saturated carbocycles. The first-order valence-corrected chi connectivity index (χ1v) is 7.55. The number of nitrogens with one attached hydrogen (secondary N) is 1. The molecule has 0 unspecified atom stereocenters. The number of ether oxygens (including phenoxy) is 1. The van der Waals surface area contributed by atoms with Crippen LogP contribution in [-0.4, -0.2) is 25.3 Å². The topological polar surface area (TPSA) is 64.9 Å². The molecule has 0 amide bonds. The summed E-state index contributed by atoms with van der Waals surface area (Å²) in [4.78, 5) is 8.57. The van der Waals surface area contributed by atoms with Crippen LogP contribution in [0.1, 0.15) is 26.3 Å². The average Bonchev–Trinajstić information content (AvgIpc) is 2.88. The molecule has 2 aromatic heterocycles. The van der Waals surface area contributed by atoms with E-state index in [0.29, 0.717) is 6.61 Å². The van der Waals surface area contributed by atoms with Crippen LogP contribution >= 0.6 is 0 Å². The van der Waals surface area contributed by atoms with Crippen LogP contribution in [0.25, 0.3) is 11.0 Å². The van der Waals surface area contributed by atoms with Gasteiger partial charge in [0, 0.05) is 12.7 Å². The summed E-state index contributed by atoms with van der Waals surface area (Å²) in [5, 5.41) is 8.46. The largest absolute Gasteiger partial charge is 0.371 e. The molecule has 0 spiro atoms. The maximum Gasteiger partial charge on any atom is 0.163 e. The zero-order chi connectivity index (χ0) is 16.4. The second kappa shape index (κ2) is 5.96. The van der Waals surface area contributed by atoms with Gasteiger partial charge in [0.25, 0.3) is 0 Å². The molecule has 120 valence electrons. The lowest BCUT2D eigenvalue weighted by molar-refractivity contribution is -0.0149. The van der Waals surface area contributed by atoms with E-state index >= 15 is 0 Å². The Balaban J connectivity index is 1.82. The van der Waals surface area contributed by atoms with E-state index in [0.717, 1.165) is 28.1 Å². The monoisotopic (exact) mass is 311 g/mol. The van der Waals surface area contributed by atoms with Crippen molar-refractivity contribution in [3.63, 3.8) is 0 Å². The molecule has 0 radical (unpaired) electrons. The van der Waals surface area contributed by atoms with Gasteiger partial charge >= 0.3 is 0 Å². The van der Waals surface area contributed by atoms with Crippen molar-refractivity contribution in [2.75, 3.05) is 5.32 Å². The Labute approximate surface area is 135 Å². The number of benzene rings is 1. The van der Waals surface area contributed by atoms with Crippen molar-refractivity contribution in [1.82, 2.24) is 19.7 Å². The van der Waals surface area contributed by atoms with Gasteiger partial charge in [-0.1, -0.05) is 12.1 Å². The van der Waals surface area contributed by atoms with Crippen molar-refractivity contribution >= 4 is 22.5 Å². The van der Waals surface area contributed by atoms with Gasteiger partial charge in [-0.15, -0.1) is 0 Å². The fraction of sp³-hybridized carbons (Fsp3) is 0.353. The highest BCUT2D eigenvalue weighted by Crippen LogP contribution is 2.23. The number of rotatable bonds is 4. The standard InChI is InChI=1S/C17H21N5O/c1-17(2,3)23-10-12-6-5-7-13(8-12)21-15-14-9-20-22(4)16(14)19-11-18-15/h5-9,11H,10H2,1-4H3,(H,18,19,21). The van der Waals surface area contributed by atoms with Gasteiger partial charge in [0.05, 0.1) is 23.8 Å². The maximum absolute atomic E-state index is 5.83. The summed E-state index contributed by atoms with van der Waals surface area (Å²) in [5.41, 5.74) is 2.72. The van der Waals surface area contributed by atoms with Crippen molar-refractivity contribution < 1.29 is 4.74 Å². The summed E-state index contributed by atoms with van der Waals surface area (Å²) in [7, 11) is 1.86. The molecule has 0 aliphatic heterocycles. The van der Waals surface area contributed by atoms with E-state index < -0.39 is 0 Å². The van der Waals surface area contributed by atoms with Gasteiger partial charge in [-0.25, -0.2) is 9.97 Å². The Kier molecular flexibility index (Phi) is 4.00. The van der Waals surface area contributed by atoms with Crippen LogP contribution in [0.3, 0.4) is 0 Å². The number of hydrogen-bond donors (Lipinski definition) is 1. The van der Waals surface area contributed by atoms with Crippen molar-refractivity contribution in [1.29, 1.82) is 0 Å². The zero-order valence-electron chi connectivity index (χ0n) is 13.9. The summed E-state index contributed by atoms with van der Waals surface area (Å²) in [6.07, 6.45) is 3.31. The number of aromatic nitrogens is 4. The van der Waals surface area contributed by atoms with Gasteiger partial charge in [-0.2, -0.15) is 5.10 Å². The van der Waals surface area contributed by atoms with Crippen LogP contribution in [0.15, 0.2) is 36.8 Å². The second-order valence-electron chi connectivity index (χ2n) is 6.45. The predicted molar refractivity (Wildman–Crippen MR) is 90.6 cm³/mol. The number of hydrogen-bond acceptors (Lipinski definition) is 5. The molecule has 2 heterocycles. The van der Waals surface area contributed by atoms with E-state index in [9.17, 15) is 0 Å². The van der Waals surface area contributed by atoms with Gasteiger partial charge in [-0.05, 0) is 38.5 Å². The van der Waals surface area contributed by atoms with Crippen LogP contribution in [0.2, 0.25) is 0 Å². The van der Waals surface area contributed by atoms with Crippen LogP contribution in [0.5, 0.6) is 0 Å². The molecule has 6 nitrogen and oxygen atoms in total. The molecule has 3 rings (SSSR count). The third kappa shape index (κ3) is 3.65. The first kappa shape index (κ1) is 15.4. The molecule has 0 fully saturated rings. The fourth-order valence-electron chi connectivity index (χ4n) is 2.24. The summed E-state index contributed by atoms with van der Waals surface area (Å²) >= 11 is 0. The maximum atomic E-state index is 5.83. The molecule has 0 aliphatic rings. The van der Waals surface area contributed by atoms with Crippen molar-refractivity contribution in [2.45, 2.75) is 33.0 Å². The minimum absolute atomic E-state index is 0.155. The number of fused-ring (bicyclic) bond motifs is 1. The molecule has 3 aromatic rings. The highest BCUT2D eigenvalue weighted by atomic mass is 16.5. The molecule has 1 N–H and O–H groups in total. The van der Waals surface area contributed by atoms with Crippen molar-refractivity contribution in [2.24, 2.45) is 7.05 Å². The molecule has 6 heteroatoms. The normalized spacial score (nSPS) is 11.8. The van der Waals surface area contributed by atoms with Crippen LogP contribution in [0.4, 0.5) is 11.5 Å². The Morgan fingerprint density at radius 1 is 1.22 bits per heavy atom. The molecule has 23 heavy (non-hydrogen) atoms. The quantitative estimate of drug-likeness (QED) is 0.800. The van der Waals surface area contributed by atoms with Gasteiger partial charge in [0.2, 0.25) is 0 Å². The minimum atomic E-state index is -0.155. The molecule has 0 saturated heterocycles. The minimum Gasteiger partial charge on any atom is -0.371 e. The van der Waals surface area contributed by atoms with Crippen molar-refractivity contribution in [3.8, 4) is 0 Å². The van der Waals surface area contributed by atoms with Gasteiger partial charge < -0.3 is 10.1 Å². The number of nitrogens with zero attached hydrogens (tertiary/aromatic N) is 4. The Morgan fingerprint density at radius 3 is 2.83 bits per heavy atom. The molecular formula is C17H21N5O. The zero-order valence-corrected chi connectivity index (χ0v) is 13.9.